The second-order valence-electron chi connectivity index (χ2n) is 5.09. The van der Waals surface area contributed by atoms with Gasteiger partial charge in [0.1, 0.15) is 0 Å². The van der Waals surface area contributed by atoms with E-state index in [1.807, 2.05) is 24.3 Å². The molecular formula is C20H16Cl+. The lowest BCUT2D eigenvalue weighted by atomic mass is 9.85. The highest BCUT2D eigenvalue weighted by Crippen LogP contribution is 2.34. The van der Waals surface area contributed by atoms with Crippen molar-refractivity contribution in [1.29, 1.82) is 0 Å². The molecule has 0 saturated heterocycles. The number of hydrogen-bond donors (Lipinski definition) is 0. The van der Waals surface area contributed by atoms with E-state index in [0.717, 1.165) is 10.6 Å². The Balaban J connectivity index is 2.16. The van der Waals surface area contributed by atoms with Gasteiger partial charge in [0.15, 0.2) is 0 Å². The Morgan fingerprint density at radius 2 is 1.24 bits per heavy atom. The minimum absolute atomic E-state index is 0.775. The standard InChI is InChI=1S/C20H16Cl/c1-15-11-13-17(14-12-15)20(16-7-3-2-4-8-16)18-9-5-6-10-19(18)21/h2-14H,1H3/q+1. The maximum absolute atomic E-state index is 6.43. The lowest BCUT2D eigenvalue weighted by molar-refractivity contribution is 1.22. The van der Waals surface area contributed by atoms with Crippen LogP contribution in [0, 0.1) is 12.8 Å². The van der Waals surface area contributed by atoms with Gasteiger partial charge in [-0.3, -0.25) is 0 Å². The zero-order chi connectivity index (χ0) is 14.7. The molecule has 0 aliphatic heterocycles. The summed E-state index contributed by atoms with van der Waals surface area (Å²) in [6, 6.07) is 27.0. The van der Waals surface area contributed by atoms with Gasteiger partial charge in [0.05, 0.1) is 27.6 Å². The summed E-state index contributed by atoms with van der Waals surface area (Å²) in [7, 11) is 0. The van der Waals surface area contributed by atoms with Crippen LogP contribution < -0.4 is 0 Å². The molecule has 3 aromatic rings. The molecule has 0 aliphatic rings. The Morgan fingerprint density at radius 1 is 0.667 bits per heavy atom. The SMILES string of the molecule is Cc1ccc([C+](c2ccccc2)c2ccccc2Cl)cc1. The first-order chi connectivity index (χ1) is 10.3. The predicted molar refractivity (Wildman–Crippen MR) is 89.6 cm³/mol. The van der Waals surface area contributed by atoms with Crippen LogP contribution in [0.3, 0.4) is 0 Å². The lowest BCUT2D eigenvalue weighted by Gasteiger charge is -2.14. The van der Waals surface area contributed by atoms with E-state index in [4.69, 9.17) is 11.6 Å². The summed E-state index contributed by atoms with van der Waals surface area (Å²) in [6.07, 6.45) is 0. The number of hydrogen-bond acceptors (Lipinski definition) is 0. The van der Waals surface area contributed by atoms with Crippen molar-refractivity contribution in [2.24, 2.45) is 0 Å². The zero-order valence-corrected chi connectivity index (χ0v) is 12.6. The maximum atomic E-state index is 6.43. The monoisotopic (exact) mass is 291 g/mol. The molecule has 0 aliphatic carbocycles. The van der Waals surface area contributed by atoms with E-state index in [0.29, 0.717) is 0 Å². The molecule has 0 radical (unpaired) electrons. The molecule has 3 aromatic carbocycles. The third kappa shape index (κ3) is 2.96. The molecule has 0 spiro atoms. The van der Waals surface area contributed by atoms with Crippen LogP contribution in [-0.4, -0.2) is 0 Å². The van der Waals surface area contributed by atoms with E-state index in [1.165, 1.54) is 22.6 Å². The quantitative estimate of drug-likeness (QED) is 0.431. The van der Waals surface area contributed by atoms with Crippen LogP contribution in [0.25, 0.3) is 0 Å². The summed E-state index contributed by atoms with van der Waals surface area (Å²) in [5.41, 5.74) is 4.67. The van der Waals surface area contributed by atoms with Gasteiger partial charge < -0.3 is 0 Å². The Bertz CT molecular complexity index is 714. The molecule has 1 heteroatoms. The fraction of sp³-hybridized carbons (Fsp3) is 0.0500. The summed E-state index contributed by atoms with van der Waals surface area (Å²) in [6.45, 7) is 2.10. The summed E-state index contributed by atoms with van der Waals surface area (Å²) in [4.78, 5) is 0. The smallest absolute Gasteiger partial charge is 0.0511 e. The Kier molecular flexibility index (Phi) is 3.98. The largest absolute Gasteiger partial charge is 0.0940 e. The van der Waals surface area contributed by atoms with Crippen LogP contribution in [0.2, 0.25) is 5.02 Å². The van der Waals surface area contributed by atoms with Crippen molar-refractivity contribution >= 4 is 11.6 Å². The fourth-order valence-electron chi connectivity index (χ4n) is 2.47. The summed E-state index contributed by atoms with van der Waals surface area (Å²) >= 11 is 6.43. The molecule has 0 bridgehead atoms. The molecule has 0 nitrogen and oxygen atoms in total. The van der Waals surface area contributed by atoms with Gasteiger partial charge in [-0.15, -0.1) is 0 Å². The second kappa shape index (κ2) is 6.07. The first kappa shape index (κ1) is 13.8. The van der Waals surface area contributed by atoms with E-state index in [9.17, 15) is 0 Å². The highest BCUT2D eigenvalue weighted by Gasteiger charge is 2.24. The van der Waals surface area contributed by atoms with Crippen LogP contribution in [0.15, 0.2) is 78.9 Å². The Labute approximate surface area is 131 Å². The molecule has 21 heavy (non-hydrogen) atoms. The average molecular weight is 292 g/mol. The van der Waals surface area contributed by atoms with Gasteiger partial charge in [0.2, 0.25) is 0 Å². The molecule has 3 rings (SSSR count). The van der Waals surface area contributed by atoms with Crippen LogP contribution >= 0.6 is 11.6 Å². The van der Waals surface area contributed by atoms with E-state index >= 15 is 0 Å². The third-order valence-electron chi connectivity index (χ3n) is 3.55. The minimum atomic E-state index is 0.775. The molecular weight excluding hydrogens is 276 g/mol. The van der Waals surface area contributed by atoms with E-state index < -0.39 is 0 Å². The van der Waals surface area contributed by atoms with Gasteiger partial charge in [0, 0.05) is 0 Å². The summed E-state index contributed by atoms with van der Waals surface area (Å²) < 4.78 is 0. The van der Waals surface area contributed by atoms with Crippen molar-refractivity contribution in [3.05, 3.63) is 112 Å². The van der Waals surface area contributed by atoms with Crippen molar-refractivity contribution in [2.45, 2.75) is 6.92 Å². The Morgan fingerprint density at radius 3 is 1.90 bits per heavy atom. The lowest BCUT2D eigenvalue weighted by Crippen LogP contribution is -2.05. The van der Waals surface area contributed by atoms with E-state index in [1.54, 1.807) is 0 Å². The zero-order valence-electron chi connectivity index (χ0n) is 11.9. The second-order valence-corrected chi connectivity index (χ2v) is 5.49. The number of aryl methyl sites for hydroxylation is 1. The van der Waals surface area contributed by atoms with Gasteiger partial charge in [0.25, 0.3) is 0 Å². The van der Waals surface area contributed by atoms with Gasteiger partial charge in [-0.1, -0.05) is 6.07 Å². The van der Waals surface area contributed by atoms with Crippen LogP contribution in [0.1, 0.15) is 22.3 Å². The summed E-state index contributed by atoms with van der Waals surface area (Å²) in [5, 5.41) is 0.775. The molecule has 0 amide bonds. The van der Waals surface area contributed by atoms with Crippen molar-refractivity contribution in [3.63, 3.8) is 0 Å². The maximum Gasteiger partial charge on any atom is 0.0940 e. The predicted octanol–water partition coefficient (Wildman–Crippen LogP) is 5.67. The molecule has 0 fully saturated rings. The third-order valence-corrected chi connectivity index (χ3v) is 3.88. The number of benzene rings is 3. The minimum Gasteiger partial charge on any atom is -0.0511 e. The molecule has 0 N–H and O–H groups in total. The van der Waals surface area contributed by atoms with E-state index in [2.05, 4.69) is 61.5 Å². The number of rotatable bonds is 3. The molecule has 102 valence electrons. The van der Waals surface area contributed by atoms with Crippen LogP contribution in [0.5, 0.6) is 0 Å². The van der Waals surface area contributed by atoms with Crippen LogP contribution in [0.4, 0.5) is 0 Å². The molecule has 0 atom stereocenters. The van der Waals surface area contributed by atoms with Crippen molar-refractivity contribution in [1.82, 2.24) is 0 Å². The average Bonchev–Trinajstić information content (AvgIpc) is 2.52. The van der Waals surface area contributed by atoms with Gasteiger partial charge >= 0.3 is 0 Å². The van der Waals surface area contributed by atoms with Crippen molar-refractivity contribution in [2.75, 3.05) is 0 Å². The topological polar surface area (TPSA) is 0 Å². The molecule has 0 unspecified atom stereocenters. The van der Waals surface area contributed by atoms with Gasteiger partial charge in [-0.05, 0) is 96.9 Å². The highest BCUT2D eigenvalue weighted by molar-refractivity contribution is 6.31. The first-order valence-electron chi connectivity index (χ1n) is 7.00. The normalized spacial score (nSPS) is 10.4. The number of halogens is 1. The van der Waals surface area contributed by atoms with Crippen molar-refractivity contribution < 1.29 is 0 Å². The van der Waals surface area contributed by atoms with Gasteiger partial charge in [-0.25, -0.2) is 0 Å². The molecule has 0 aromatic heterocycles. The summed E-state index contributed by atoms with van der Waals surface area (Å²) in [5.74, 6) is 1.17. The fourth-order valence-corrected chi connectivity index (χ4v) is 2.70. The van der Waals surface area contributed by atoms with Gasteiger partial charge in [-0.2, -0.15) is 0 Å². The first-order valence-corrected chi connectivity index (χ1v) is 7.38. The highest BCUT2D eigenvalue weighted by atomic mass is 35.5. The molecule has 0 heterocycles. The Hall–Kier alpha value is -2.18. The molecule has 0 saturated carbocycles. The van der Waals surface area contributed by atoms with E-state index in [-0.39, 0.29) is 0 Å². The van der Waals surface area contributed by atoms with Crippen molar-refractivity contribution in [3.8, 4) is 0 Å². The van der Waals surface area contributed by atoms with Crippen LogP contribution in [-0.2, 0) is 0 Å².